The van der Waals surface area contributed by atoms with Crippen LogP contribution in [0.4, 0.5) is 8.78 Å². The molecule has 0 bridgehead atoms. The topological polar surface area (TPSA) is 60.0 Å². The third kappa shape index (κ3) is 5.35. The van der Waals surface area contributed by atoms with E-state index in [1.165, 1.54) is 6.07 Å². The molecule has 5 rings (SSSR count). The van der Waals surface area contributed by atoms with Crippen molar-refractivity contribution in [1.82, 2.24) is 5.16 Å². The van der Waals surface area contributed by atoms with E-state index in [1.807, 2.05) is 48.7 Å². The summed E-state index contributed by atoms with van der Waals surface area (Å²) in [6.45, 7) is 2.78. The molecule has 0 fully saturated rings. The van der Waals surface area contributed by atoms with Gasteiger partial charge in [0, 0.05) is 41.8 Å². The Morgan fingerprint density at radius 2 is 1.94 bits per heavy atom. The van der Waals surface area contributed by atoms with Crippen LogP contribution in [0.2, 0.25) is 0 Å². The first-order valence-corrected chi connectivity index (χ1v) is 12.3. The molecule has 184 valence electrons. The van der Waals surface area contributed by atoms with Crippen LogP contribution in [-0.2, 0) is 6.42 Å². The van der Waals surface area contributed by atoms with Gasteiger partial charge in [0.2, 0.25) is 0 Å². The Morgan fingerprint density at radius 3 is 2.78 bits per heavy atom. The van der Waals surface area contributed by atoms with Crippen LogP contribution in [0, 0.1) is 11.6 Å². The van der Waals surface area contributed by atoms with Crippen LogP contribution in [0.5, 0.6) is 5.75 Å². The molecule has 0 saturated heterocycles. The maximum absolute atomic E-state index is 14.2. The molecule has 0 N–H and O–H groups in total. The minimum atomic E-state index is -0.866. The molecular weight excluding hydrogens is 460 g/mol. The molecule has 1 unspecified atom stereocenters. The van der Waals surface area contributed by atoms with Crippen LogP contribution in [0.25, 0.3) is 11.3 Å². The maximum Gasteiger partial charge on any atom is 0.167 e. The number of hydrogen-bond acceptors (Lipinski definition) is 5. The average Bonchev–Trinajstić information content (AvgIpc) is 3.29. The van der Waals surface area contributed by atoms with Crippen molar-refractivity contribution in [2.45, 2.75) is 45.1 Å². The van der Waals surface area contributed by atoms with Gasteiger partial charge in [0.1, 0.15) is 17.2 Å². The number of nitrogens with zero attached hydrogens (tertiary/aromatic N) is 3. The molecule has 36 heavy (non-hydrogen) atoms. The lowest BCUT2D eigenvalue weighted by Gasteiger charge is -2.14. The van der Waals surface area contributed by atoms with Crippen molar-refractivity contribution in [3.63, 3.8) is 0 Å². The van der Waals surface area contributed by atoms with E-state index in [-0.39, 0.29) is 11.6 Å². The van der Waals surface area contributed by atoms with E-state index in [0.29, 0.717) is 31.6 Å². The van der Waals surface area contributed by atoms with E-state index in [4.69, 9.17) is 14.3 Å². The summed E-state index contributed by atoms with van der Waals surface area (Å²) in [7, 11) is 0. The molecule has 0 saturated carbocycles. The number of halogens is 2. The summed E-state index contributed by atoms with van der Waals surface area (Å²) in [5.74, 6) is -0.0733. The lowest BCUT2D eigenvalue weighted by molar-refractivity contribution is 0.317. The molecule has 1 aromatic heterocycles. The van der Waals surface area contributed by atoms with Gasteiger partial charge in [-0.05, 0) is 55.7 Å². The number of fused-ring (bicyclic) bond motifs is 1. The third-order valence-corrected chi connectivity index (χ3v) is 6.24. The molecule has 3 aromatic rings. The molecule has 2 aliphatic heterocycles. The van der Waals surface area contributed by atoms with E-state index in [1.54, 1.807) is 6.07 Å². The number of aromatic nitrogens is 1. The second-order valence-electron chi connectivity index (χ2n) is 8.87. The number of benzene rings is 2. The molecule has 0 radical (unpaired) electrons. The molecule has 3 heterocycles. The Kier molecular flexibility index (Phi) is 7.16. The second-order valence-corrected chi connectivity index (χ2v) is 8.87. The Balaban J connectivity index is 1.21. The lowest BCUT2D eigenvalue weighted by Crippen LogP contribution is -2.10. The van der Waals surface area contributed by atoms with Crippen LogP contribution < -0.4 is 4.74 Å². The first kappa shape index (κ1) is 23.9. The Bertz CT molecular complexity index is 1350. The zero-order chi connectivity index (χ0) is 24.9. The molecular formula is C29H27F2N3O2. The van der Waals surface area contributed by atoms with Crippen molar-refractivity contribution in [2.24, 2.45) is 9.98 Å². The molecule has 1 atom stereocenters. The highest BCUT2D eigenvalue weighted by atomic mass is 19.2. The lowest BCUT2D eigenvalue weighted by atomic mass is 10.00. The number of rotatable bonds is 8. The van der Waals surface area contributed by atoms with Crippen molar-refractivity contribution < 1.29 is 18.0 Å². The van der Waals surface area contributed by atoms with Crippen molar-refractivity contribution in [2.75, 3.05) is 6.61 Å². The maximum atomic E-state index is 14.2. The standard InChI is InChI=1S/C29H27F2N3O2/c1-2-16-35-22-11-6-19(7-12-22)28-17-23(36-34-28)13-9-21-10-15-26-20(18-32-21)8-14-27(33-26)24-4-3-5-25(30)29(24)31/h3-8,11-12,15,17-18,21H,2,9-10,13-14,16H2,1H3. The molecule has 0 amide bonds. The molecule has 7 heteroatoms. The SMILES string of the molecule is CCCOc1ccc(-c2cc(CCC3CC=C4N=C(c5cccc(F)c5F)CC=C4C=N3)on2)cc1. The first-order valence-electron chi connectivity index (χ1n) is 12.3. The van der Waals surface area contributed by atoms with E-state index in [0.717, 1.165) is 52.9 Å². The number of aryl methyl sites for hydroxylation is 1. The fourth-order valence-corrected chi connectivity index (χ4v) is 4.25. The Hall–Kier alpha value is -3.87. The van der Waals surface area contributed by atoms with Crippen LogP contribution >= 0.6 is 0 Å². The second kappa shape index (κ2) is 10.8. The van der Waals surface area contributed by atoms with Crippen LogP contribution in [0.1, 0.15) is 43.9 Å². The smallest absolute Gasteiger partial charge is 0.167 e. The fraction of sp³-hybridized carbons (Fsp3) is 0.276. The van der Waals surface area contributed by atoms with Crippen molar-refractivity contribution in [1.29, 1.82) is 0 Å². The van der Waals surface area contributed by atoms with Crippen LogP contribution in [-0.4, -0.2) is 29.7 Å². The number of hydrogen-bond donors (Lipinski definition) is 0. The molecule has 2 aliphatic rings. The summed E-state index contributed by atoms with van der Waals surface area (Å²) in [5, 5.41) is 4.22. The van der Waals surface area contributed by atoms with Gasteiger partial charge in [0.05, 0.1) is 24.1 Å². The Labute approximate surface area is 208 Å². The summed E-state index contributed by atoms with van der Waals surface area (Å²) in [5.41, 5.74) is 4.15. The van der Waals surface area contributed by atoms with Crippen molar-refractivity contribution in [3.8, 4) is 17.0 Å². The predicted molar refractivity (Wildman–Crippen MR) is 137 cm³/mol. The minimum Gasteiger partial charge on any atom is -0.494 e. The quantitative estimate of drug-likeness (QED) is 0.348. The Morgan fingerprint density at radius 1 is 1.08 bits per heavy atom. The zero-order valence-corrected chi connectivity index (χ0v) is 20.1. The fourth-order valence-electron chi connectivity index (χ4n) is 4.25. The molecule has 0 spiro atoms. The van der Waals surface area contributed by atoms with E-state index < -0.39 is 11.6 Å². The highest BCUT2D eigenvalue weighted by Gasteiger charge is 2.20. The molecule has 5 nitrogen and oxygen atoms in total. The summed E-state index contributed by atoms with van der Waals surface area (Å²) < 4.78 is 39.1. The largest absolute Gasteiger partial charge is 0.494 e. The van der Waals surface area contributed by atoms with E-state index >= 15 is 0 Å². The highest BCUT2D eigenvalue weighted by molar-refractivity contribution is 6.05. The number of dihydropyridines is 1. The van der Waals surface area contributed by atoms with Gasteiger partial charge in [-0.15, -0.1) is 0 Å². The number of aliphatic imine (C=N–C) groups is 2. The van der Waals surface area contributed by atoms with Gasteiger partial charge < -0.3 is 9.26 Å². The monoisotopic (exact) mass is 487 g/mol. The van der Waals surface area contributed by atoms with Crippen LogP contribution in [0.15, 0.2) is 86.5 Å². The molecule has 0 aliphatic carbocycles. The van der Waals surface area contributed by atoms with E-state index in [9.17, 15) is 8.78 Å². The first-order chi connectivity index (χ1) is 17.6. The van der Waals surface area contributed by atoms with Gasteiger partial charge in [-0.25, -0.2) is 8.78 Å². The van der Waals surface area contributed by atoms with Crippen LogP contribution in [0.3, 0.4) is 0 Å². The van der Waals surface area contributed by atoms with Gasteiger partial charge in [0.25, 0.3) is 0 Å². The highest BCUT2D eigenvalue weighted by Crippen LogP contribution is 2.27. The third-order valence-electron chi connectivity index (χ3n) is 6.24. The summed E-state index contributed by atoms with van der Waals surface area (Å²) in [6.07, 6.45) is 9.41. The predicted octanol–water partition coefficient (Wildman–Crippen LogP) is 6.89. The van der Waals surface area contributed by atoms with Gasteiger partial charge >= 0.3 is 0 Å². The normalized spacial score (nSPS) is 17.1. The minimum absolute atomic E-state index is 0.0668. The summed E-state index contributed by atoms with van der Waals surface area (Å²) in [4.78, 5) is 9.35. The molecule has 2 aromatic carbocycles. The average molecular weight is 488 g/mol. The van der Waals surface area contributed by atoms with Crippen molar-refractivity contribution >= 4 is 11.9 Å². The zero-order valence-electron chi connectivity index (χ0n) is 20.1. The van der Waals surface area contributed by atoms with E-state index in [2.05, 4.69) is 17.1 Å². The van der Waals surface area contributed by atoms with Gasteiger partial charge in [-0.3, -0.25) is 9.98 Å². The van der Waals surface area contributed by atoms with Crippen molar-refractivity contribution in [3.05, 3.63) is 94.9 Å². The number of ether oxygens (including phenoxy) is 1. The van der Waals surface area contributed by atoms with Gasteiger partial charge in [0.15, 0.2) is 11.6 Å². The van der Waals surface area contributed by atoms with Gasteiger partial charge in [-0.1, -0.05) is 30.3 Å². The summed E-state index contributed by atoms with van der Waals surface area (Å²) in [6, 6.07) is 14.1. The summed E-state index contributed by atoms with van der Waals surface area (Å²) >= 11 is 0. The van der Waals surface area contributed by atoms with Gasteiger partial charge in [-0.2, -0.15) is 0 Å². The number of allylic oxidation sites excluding steroid dienone is 2.